The molecule has 0 aliphatic rings. The Hall–Kier alpha value is -1.88. The largest absolute Gasteiger partial charge is 0.368 e. The molecular weight excluding hydrogens is 286 g/mol. The maximum Gasteiger partial charge on any atom is 0.247 e. The first-order valence-corrected chi connectivity index (χ1v) is 7.53. The van der Waals surface area contributed by atoms with E-state index in [1.165, 1.54) is 5.56 Å². The number of anilines is 2. The van der Waals surface area contributed by atoms with Crippen molar-refractivity contribution in [2.75, 3.05) is 29.9 Å². The second kappa shape index (κ2) is 7.78. The smallest absolute Gasteiger partial charge is 0.247 e. The van der Waals surface area contributed by atoms with Gasteiger partial charge in [-0.1, -0.05) is 23.7 Å². The standard InChI is InChI=1S/C15H20ClN5/c1-3-21(4-2)15-19-14(11-18-20-15)17-10-9-12-5-7-13(16)8-6-12/h5-8,11H,3-4,9-10H2,1-2H3,(H,17,19,20). The summed E-state index contributed by atoms with van der Waals surface area (Å²) >= 11 is 5.87. The van der Waals surface area contributed by atoms with E-state index in [2.05, 4.69) is 39.2 Å². The predicted molar refractivity (Wildman–Crippen MR) is 87.0 cm³/mol. The van der Waals surface area contributed by atoms with Crippen LogP contribution >= 0.6 is 11.6 Å². The van der Waals surface area contributed by atoms with Gasteiger partial charge in [-0.15, -0.1) is 5.10 Å². The number of aromatic nitrogens is 3. The van der Waals surface area contributed by atoms with Crippen molar-refractivity contribution in [3.8, 4) is 0 Å². The van der Waals surface area contributed by atoms with Crippen molar-refractivity contribution in [2.24, 2.45) is 0 Å². The summed E-state index contributed by atoms with van der Waals surface area (Å²) in [4.78, 5) is 6.55. The van der Waals surface area contributed by atoms with E-state index in [0.717, 1.165) is 36.9 Å². The SMILES string of the molecule is CCN(CC)c1nncc(NCCc2ccc(Cl)cc2)n1. The van der Waals surface area contributed by atoms with Crippen LogP contribution in [0.2, 0.25) is 5.02 Å². The molecule has 0 fully saturated rings. The van der Waals surface area contributed by atoms with Crippen molar-refractivity contribution in [3.05, 3.63) is 41.0 Å². The highest BCUT2D eigenvalue weighted by molar-refractivity contribution is 6.30. The van der Waals surface area contributed by atoms with Crippen molar-refractivity contribution < 1.29 is 0 Å². The van der Waals surface area contributed by atoms with Gasteiger partial charge in [-0.2, -0.15) is 10.1 Å². The Bertz CT molecular complexity index is 554. The third kappa shape index (κ3) is 4.56. The minimum atomic E-state index is 0.663. The average Bonchev–Trinajstić information content (AvgIpc) is 2.51. The first-order valence-electron chi connectivity index (χ1n) is 7.16. The zero-order valence-electron chi connectivity index (χ0n) is 12.4. The first-order chi connectivity index (χ1) is 10.2. The summed E-state index contributed by atoms with van der Waals surface area (Å²) in [5, 5.41) is 12.1. The monoisotopic (exact) mass is 305 g/mol. The van der Waals surface area contributed by atoms with Crippen molar-refractivity contribution >= 4 is 23.4 Å². The van der Waals surface area contributed by atoms with Gasteiger partial charge in [0.25, 0.3) is 0 Å². The number of hydrogen-bond donors (Lipinski definition) is 1. The molecule has 6 heteroatoms. The fourth-order valence-electron chi connectivity index (χ4n) is 2.01. The molecule has 0 radical (unpaired) electrons. The van der Waals surface area contributed by atoms with Gasteiger partial charge in [0.05, 0.1) is 6.20 Å². The van der Waals surface area contributed by atoms with E-state index in [9.17, 15) is 0 Å². The highest BCUT2D eigenvalue weighted by Gasteiger charge is 2.06. The Balaban J connectivity index is 1.91. The van der Waals surface area contributed by atoms with Gasteiger partial charge in [0.1, 0.15) is 0 Å². The molecule has 0 saturated heterocycles. The third-order valence-corrected chi connectivity index (χ3v) is 3.48. The minimum absolute atomic E-state index is 0.663. The zero-order chi connectivity index (χ0) is 15.1. The van der Waals surface area contributed by atoms with Crippen LogP contribution in [0, 0.1) is 0 Å². The van der Waals surface area contributed by atoms with Crippen LogP contribution in [0.25, 0.3) is 0 Å². The van der Waals surface area contributed by atoms with Gasteiger partial charge in [-0.25, -0.2) is 0 Å². The number of benzene rings is 1. The van der Waals surface area contributed by atoms with E-state index >= 15 is 0 Å². The zero-order valence-corrected chi connectivity index (χ0v) is 13.1. The third-order valence-electron chi connectivity index (χ3n) is 3.23. The van der Waals surface area contributed by atoms with Crippen molar-refractivity contribution in [1.82, 2.24) is 15.2 Å². The van der Waals surface area contributed by atoms with Crippen LogP contribution in [-0.4, -0.2) is 34.8 Å². The fourth-order valence-corrected chi connectivity index (χ4v) is 2.13. The van der Waals surface area contributed by atoms with E-state index < -0.39 is 0 Å². The Kier molecular flexibility index (Phi) is 5.75. The first kappa shape index (κ1) is 15.5. The molecule has 1 heterocycles. The van der Waals surface area contributed by atoms with Crippen molar-refractivity contribution in [2.45, 2.75) is 20.3 Å². The van der Waals surface area contributed by atoms with Crippen LogP contribution in [0.4, 0.5) is 11.8 Å². The summed E-state index contributed by atoms with van der Waals surface area (Å²) in [6.45, 7) is 6.68. The molecule has 0 atom stereocenters. The van der Waals surface area contributed by atoms with Gasteiger partial charge in [0.15, 0.2) is 5.82 Å². The lowest BCUT2D eigenvalue weighted by Gasteiger charge is -2.18. The quantitative estimate of drug-likeness (QED) is 0.852. The number of hydrogen-bond acceptors (Lipinski definition) is 5. The molecule has 0 saturated carbocycles. The Morgan fingerprint density at radius 2 is 1.86 bits per heavy atom. The molecule has 21 heavy (non-hydrogen) atoms. The van der Waals surface area contributed by atoms with Gasteiger partial charge in [0.2, 0.25) is 5.95 Å². The van der Waals surface area contributed by atoms with Crippen LogP contribution in [0.15, 0.2) is 30.5 Å². The molecular formula is C15H20ClN5. The second-order valence-electron chi connectivity index (χ2n) is 4.62. The van der Waals surface area contributed by atoms with E-state index in [-0.39, 0.29) is 0 Å². The highest BCUT2D eigenvalue weighted by Crippen LogP contribution is 2.11. The molecule has 0 aliphatic heterocycles. The minimum Gasteiger partial charge on any atom is -0.368 e. The van der Waals surface area contributed by atoms with E-state index in [1.54, 1.807) is 6.20 Å². The summed E-state index contributed by atoms with van der Waals surface area (Å²) in [6.07, 6.45) is 2.55. The summed E-state index contributed by atoms with van der Waals surface area (Å²) in [6, 6.07) is 7.87. The summed E-state index contributed by atoms with van der Waals surface area (Å²) in [5.74, 6) is 1.41. The molecule has 0 unspecified atom stereocenters. The molecule has 5 nitrogen and oxygen atoms in total. The lowest BCUT2D eigenvalue weighted by atomic mass is 10.1. The molecule has 1 aromatic heterocycles. The average molecular weight is 306 g/mol. The van der Waals surface area contributed by atoms with Gasteiger partial charge >= 0.3 is 0 Å². The molecule has 112 valence electrons. The molecule has 1 N–H and O–H groups in total. The Labute approximate surface area is 130 Å². The summed E-state index contributed by atoms with van der Waals surface area (Å²) < 4.78 is 0. The second-order valence-corrected chi connectivity index (χ2v) is 5.05. The Morgan fingerprint density at radius 1 is 1.14 bits per heavy atom. The normalized spacial score (nSPS) is 10.4. The molecule has 0 bridgehead atoms. The number of rotatable bonds is 7. The van der Waals surface area contributed by atoms with Gasteiger partial charge < -0.3 is 10.2 Å². The molecule has 0 spiro atoms. The highest BCUT2D eigenvalue weighted by atomic mass is 35.5. The maximum absolute atomic E-state index is 5.87. The van der Waals surface area contributed by atoms with Crippen molar-refractivity contribution in [1.29, 1.82) is 0 Å². The Morgan fingerprint density at radius 3 is 2.52 bits per heavy atom. The van der Waals surface area contributed by atoms with E-state index in [4.69, 9.17) is 11.6 Å². The number of nitrogens with zero attached hydrogens (tertiary/aromatic N) is 4. The lowest BCUT2D eigenvalue weighted by molar-refractivity contribution is 0.793. The van der Waals surface area contributed by atoms with Crippen LogP contribution in [0.3, 0.4) is 0 Å². The van der Waals surface area contributed by atoms with E-state index in [1.807, 2.05) is 24.3 Å². The predicted octanol–water partition coefficient (Wildman–Crippen LogP) is 3.03. The summed E-state index contributed by atoms with van der Waals surface area (Å²) in [7, 11) is 0. The molecule has 2 aromatic rings. The summed E-state index contributed by atoms with van der Waals surface area (Å²) in [5.41, 5.74) is 1.23. The van der Waals surface area contributed by atoms with Crippen molar-refractivity contribution in [3.63, 3.8) is 0 Å². The van der Waals surface area contributed by atoms with Gasteiger partial charge in [-0.3, -0.25) is 0 Å². The van der Waals surface area contributed by atoms with Crippen LogP contribution in [-0.2, 0) is 6.42 Å². The van der Waals surface area contributed by atoms with Gasteiger partial charge in [-0.05, 0) is 38.0 Å². The van der Waals surface area contributed by atoms with Gasteiger partial charge in [0, 0.05) is 24.7 Å². The van der Waals surface area contributed by atoms with Crippen LogP contribution in [0.5, 0.6) is 0 Å². The molecule has 2 rings (SSSR count). The topological polar surface area (TPSA) is 53.9 Å². The fraction of sp³-hybridized carbons (Fsp3) is 0.400. The number of halogens is 1. The van der Waals surface area contributed by atoms with Crippen LogP contribution < -0.4 is 10.2 Å². The van der Waals surface area contributed by atoms with E-state index in [0.29, 0.717) is 5.95 Å². The lowest BCUT2D eigenvalue weighted by Crippen LogP contribution is -2.25. The van der Waals surface area contributed by atoms with Crippen LogP contribution in [0.1, 0.15) is 19.4 Å². The molecule has 0 amide bonds. The maximum atomic E-state index is 5.87. The molecule has 0 aliphatic carbocycles. The molecule has 1 aromatic carbocycles. The number of nitrogens with one attached hydrogen (secondary N) is 1.